The number of amides is 1. The van der Waals surface area contributed by atoms with Gasteiger partial charge in [0, 0.05) is 42.0 Å². The number of carbonyl (C=O) groups excluding carboxylic acids is 1. The highest BCUT2D eigenvalue weighted by molar-refractivity contribution is 6.35. The van der Waals surface area contributed by atoms with Gasteiger partial charge in [0.05, 0.1) is 6.04 Å². The molecular weight excluding hydrogens is 323 g/mol. The predicted molar refractivity (Wildman–Crippen MR) is 88.7 cm³/mol. The van der Waals surface area contributed by atoms with Crippen LogP contribution < -0.4 is 5.56 Å². The Labute approximate surface area is 138 Å². The number of halogens is 2. The second kappa shape index (κ2) is 6.55. The van der Waals surface area contributed by atoms with E-state index >= 15 is 0 Å². The van der Waals surface area contributed by atoms with Gasteiger partial charge in [-0.2, -0.15) is 0 Å². The lowest BCUT2D eigenvalue weighted by molar-refractivity contribution is 0.0742. The van der Waals surface area contributed by atoms with Gasteiger partial charge in [0.15, 0.2) is 0 Å². The van der Waals surface area contributed by atoms with E-state index in [1.165, 1.54) is 10.6 Å². The van der Waals surface area contributed by atoms with Gasteiger partial charge in [-0.25, -0.2) is 0 Å². The van der Waals surface area contributed by atoms with Crippen LogP contribution in [0.4, 0.5) is 0 Å². The molecule has 1 atom stereocenters. The molecule has 1 aromatic carbocycles. The lowest BCUT2D eigenvalue weighted by atomic mass is 10.1. The normalized spacial score (nSPS) is 12.0. The van der Waals surface area contributed by atoms with Crippen LogP contribution in [0.25, 0.3) is 0 Å². The van der Waals surface area contributed by atoms with Gasteiger partial charge in [0.25, 0.3) is 11.5 Å². The lowest BCUT2D eigenvalue weighted by Gasteiger charge is -2.26. The molecule has 0 saturated heterocycles. The maximum atomic E-state index is 12.5. The molecule has 2 aromatic rings. The Morgan fingerprint density at radius 2 is 1.91 bits per heavy atom. The minimum Gasteiger partial charge on any atom is -0.335 e. The molecule has 22 heavy (non-hydrogen) atoms. The fourth-order valence-corrected chi connectivity index (χ4v) is 2.68. The summed E-state index contributed by atoms with van der Waals surface area (Å²) < 4.78 is 1.41. The van der Waals surface area contributed by atoms with Gasteiger partial charge in [-0.15, -0.1) is 0 Å². The average molecular weight is 339 g/mol. The number of pyridine rings is 1. The van der Waals surface area contributed by atoms with Crippen LogP contribution in [-0.2, 0) is 7.05 Å². The van der Waals surface area contributed by atoms with Crippen molar-refractivity contribution < 1.29 is 4.79 Å². The Balaban J connectivity index is 2.29. The minimum absolute atomic E-state index is 0.226. The highest BCUT2D eigenvalue weighted by Gasteiger charge is 2.21. The summed E-state index contributed by atoms with van der Waals surface area (Å²) in [5, 5.41) is 1.05. The Hall–Kier alpha value is -1.78. The van der Waals surface area contributed by atoms with Crippen molar-refractivity contribution >= 4 is 29.1 Å². The molecule has 0 bridgehead atoms. The van der Waals surface area contributed by atoms with Gasteiger partial charge < -0.3 is 9.47 Å². The van der Waals surface area contributed by atoms with Crippen molar-refractivity contribution in [3.63, 3.8) is 0 Å². The lowest BCUT2D eigenvalue weighted by Crippen LogP contribution is -2.31. The standard InChI is InChI=1S/C16H16Cl2N2O2/c1-10(13-5-4-12(17)9-14(13)18)20(3)16(22)11-6-7-19(2)15(21)8-11/h4-10H,1-3H3. The number of nitrogens with zero attached hydrogens (tertiary/aromatic N) is 2. The number of benzene rings is 1. The predicted octanol–water partition coefficient (Wildman–Crippen LogP) is 3.53. The van der Waals surface area contributed by atoms with Gasteiger partial charge in [-0.05, 0) is 30.7 Å². The molecule has 1 unspecified atom stereocenters. The summed E-state index contributed by atoms with van der Waals surface area (Å²) in [5.41, 5.74) is 0.921. The Kier molecular flexibility index (Phi) is 4.94. The van der Waals surface area contributed by atoms with E-state index < -0.39 is 0 Å². The number of aryl methyl sites for hydroxylation is 1. The van der Waals surface area contributed by atoms with Gasteiger partial charge in [0.1, 0.15) is 0 Å². The van der Waals surface area contributed by atoms with Crippen LogP contribution in [0.5, 0.6) is 0 Å². The molecule has 0 aliphatic carbocycles. The topological polar surface area (TPSA) is 42.3 Å². The SMILES string of the molecule is CC(c1ccc(Cl)cc1Cl)N(C)C(=O)c1ccn(C)c(=O)c1. The highest BCUT2D eigenvalue weighted by atomic mass is 35.5. The summed E-state index contributed by atoms with van der Waals surface area (Å²) in [6.45, 7) is 1.87. The van der Waals surface area contributed by atoms with Crippen molar-refractivity contribution in [3.8, 4) is 0 Å². The molecule has 1 aromatic heterocycles. The van der Waals surface area contributed by atoms with E-state index in [9.17, 15) is 9.59 Å². The average Bonchev–Trinajstić information content (AvgIpc) is 2.48. The minimum atomic E-state index is -0.249. The molecule has 2 rings (SSSR count). The number of hydrogen-bond donors (Lipinski definition) is 0. The summed E-state index contributed by atoms with van der Waals surface area (Å²) in [6.07, 6.45) is 1.57. The molecule has 6 heteroatoms. The first-order chi connectivity index (χ1) is 10.3. The zero-order valence-electron chi connectivity index (χ0n) is 12.5. The maximum absolute atomic E-state index is 12.5. The first-order valence-electron chi connectivity index (χ1n) is 6.70. The number of hydrogen-bond acceptors (Lipinski definition) is 2. The third-order valence-corrected chi connectivity index (χ3v) is 4.23. The largest absolute Gasteiger partial charge is 0.335 e. The van der Waals surface area contributed by atoms with Gasteiger partial charge in [-0.3, -0.25) is 9.59 Å². The second-order valence-corrected chi connectivity index (χ2v) is 5.97. The van der Waals surface area contributed by atoms with Crippen molar-refractivity contribution in [1.29, 1.82) is 0 Å². The number of carbonyl (C=O) groups is 1. The van der Waals surface area contributed by atoms with Crippen LogP contribution in [0.15, 0.2) is 41.3 Å². The van der Waals surface area contributed by atoms with E-state index in [4.69, 9.17) is 23.2 Å². The zero-order chi connectivity index (χ0) is 16.4. The van der Waals surface area contributed by atoms with E-state index in [1.807, 2.05) is 6.92 Å². The van der Waals surface area contributed by atoms with Crippen LogP contribution in [0.3, 0.4) is 0 Å². The van der Waals surface area contributed by atoms with Crippen LogP contribution in [0.1, 0.15) is 28.9 Å². The van der Waals surface area contributed by atoms with Crippen LogP contribution in [0, 0.1) is 0 Å². The Morgan fingerprint density at radius 3 is 2.50 bits per heavy atom. The van der Waals surface area contributed by atoms with Crippen molar-refractivity contribution in [2.24, 2.45) is 7.05 Å². The van der Waals surface area contributed by atoms with E-state index in [-0.39, 0.29) is 17.5 Å². The number of rotatable bonds is 3. The monoisotopic (exact) mass is 338 g/mol. The third-order valence-electron chi connectivity index (χ3n) is 3.67. The first-order valence-corrected chi connectivity index (χ1v) is 7.45. The quantitative estimate of drug-likeness (QED) is 0.859. The fraction of sp³-hybridized carbons (Fsp3) is 0.250. The van der Waals surface area contributed by atoms with Gasteiger partial charge in [0.2, 0.25) is 0 Å². The van der Waals surface area contributed by atoms with E-state index in [2.05, 4.69) is 0 Å². The molecule has 0 aliphatic rings. The number of aromatic nitrogens is 1. The first kappa shape index (κ1) is 16.6. The molecular formula is C16H16Cl2N2O2. The van der Waals surface area contributed by atoms with E-state index in [1.54, 1.807) is 49.5 Å². The summed E-state index contributed by atoms with van der Waals surface area (Å²) in [7, 11) is 3.31. The summed E-state index contributed by atoms with van der Waals surface area (Å²) in [6, 6.07) is 7.87. The second-order valence-electron chi connectivity index (χ2n) is 5.12. The summed E-state index contributed by atoms with van der Waals surface area (Å²) in [4.78, 5) is 25.7. The highest BCUT2D eigenvalue weighted by Crippen LogP contribution is 2.29. The zero-order valence-corrected chi connectivity index (χ0v) is 14.0. The molecule has 0 aliphatic heterocycles. The van der Waals surface area contributed by atoms with E-state index in [0.29, 0.717) is 15.6 Å². The van der Waals surface area contributed by atoms with Crippen molar-refractivity contribution in [3.05, 3.63) is 68.1 Å². The van der Waals surface area contributed by atoms with Crippen molar-refractivity contribution in [1.82, 2.24) is 9.47 Å². The van der Waals surface area contributed by atoms with Crippen molar-refractivity contribution in [2.75, 3.05) is 7.05 Å². The van der Waals surface area contributed by atoms with Gasteiger partial charge in [-0.1, -0.05) is 29.3 Å². The molecule has 0 fully saturated rings. The molecule has 1 amide bonds. The summed E-state index contributed by atoms with van der Waals surface area (Å²) >= 11 is 12.1. The molecule has 4 nitrogen and oxygen atoms in total. The molecule has 116 valence electrons. The Bertz CT molecular complexity index is 771. The smallest absolute Gasteiger partial charge is 0.254 e. The van der Waals surface area contributed by atoms with Crippen LogP contribution >= 0.6 is 23.2 Å². The third kappa shape index (κ3) is 3.34. The molecule has 1 heterocycles. The van der Waals surface area contributed by atoms with E-state index in [0.717, 1.165) is 5.56 Å². The molecule has 0 spiro atoms. The van der Waals surface area contributed by atoms with Gasteiger partial charge >= 0.3 is 0 Å². The Morgan fingerprint density at radius 1 is 1.23 bits per heavy atom. The molecule has 0 saturated carbocycles. The maximum Gasteiger partial charge on any atom is 0.254 e. The molecule has 0 N–H and O–H groups in total. The van der Waals surface area contributed by atoms with Crippen LogP contribution in [0.2, 0.25) is 10.0 Å². The molecule has 0 radical (unpaired) electrons. The summed E-state index contributed by atoms with van der Waals surface area (Å²) in [5.74, 6) is -0.240. The fourth-order valence-electron chi connectivity index (χ4n) is 2.11. The van der Waals surface area contributed by atoms with Crippen molar-refractivity contribution in [2.45, 2.75) is 13.0 Å². The van der Waals surface area contributed by atoms with Crippen LogP contribution in [-0.4, -0.2) is 22.4 Å².